The van der Waals surface area contributed by atoms with E-state index in [1.807, 2.05) is 26.0 Å². The molecule has 124 valence electrons. The van der Waals surface area contributed by atoms with Gasteiger partial charge in [0.2, 0.25) is 5.78 Å². The number of ether oxygens (including phenoxy) is 2. The average Bonchev–Trinajstić information content (AvgIpc) is 2.79. The van der Waals surface area contributed by atoms with E-state index in [9.17, 15) is 4.79 Å². The Balaban J connectivity index is 2.09. The van der Waals surface area contributed by atoms with Crippen LogP contribution in [0.1, 0.15) is 21.7 Å². The van der Waals surface area contributed by atoms with Crippen molar-refractivity contribution in [3.63, 3.8) is 0 Å². The third-order valence-electron chi connectivity index (χ3n) is 3.65. The zero-order valence-corrected chi connectivity index (χ0v) is 15.7. The molecule has 0 bridgehead atoms. The topological polar surface area (TPSA) is 40.5 Å². The molecular weight excluding hydrogens is 382 g/mol. The van der Waals surface area contributed by atoms with Gasteiger partial charge in [-0.2, -0.15) is 0 Å². The van der Waals surface area contributed by atoms with Gasteiger partial charge in [-0.25, -0.2) is 0 Å². The minimum absolute atomic E-state index is 0.0457. The van der Waals surface area contributed by atoms with Gasteiger partial charge in [0, 0.05) is 35.1 Å². The van der Waals surface area contributed by atoms with Crippen LogP contribution in [0.25, 0.3) is 0 Å². The van der Waals surface area contributed by atoms with Crippen molar-refractivity contribution < 1.29 is 14.3 Å². The summed E-state index contributed by atoms with van der Waals surface area (Å²) < 4.78 is 13.6. The van der Waals surface area contributed by atoms with Crippen LogP contribution < -0.4 is 4.74 Å². The fourth-order valence-electron chi connectivity index (χ4n) is 2.42. The Morgan fingerprint density at radius 3 is 2.70 bits per heavy atom. The number of nitrogens with zero attached hydrogens (tertiary/aromatic N) is 1. The lowest BCUT2D eigenvalue weighted by molar-refractivity contribution is 0.0920. The first-order chi connectivity index (χ1) is 10.9. The molecule has 0 saturated heterocycles. The van der Waals surface area contributed by atoms with Crippen molar-refractivity contribution in [3.05, 3.63) is 50.7 Å². The Bertz CT molecular complexity index is 712. The van der Waals surface area contributed by atoms with Crippen LogP contribution in [0, 0.1) is 13.8 Å². The van der Waals surface area contributed by atoms with E-state index in [-0.39, 0.29) is 12.4 Å². The van der Waals surface area contributed by atoms with Gasteiger partial charge in [0.15, 0.2) is 6.61 Å². The van der Waals surface area contributed by atoms with Gasteiger partial charge < -0.3 is 14.0 Å². The lowest BCUT2D eigenvalue weighted by atomic mass is 10.1. The molecular formula is C17H19BrClNO3. The number of halogens is 2. The number of Topliss-reactive ketones (excluding diaryl/α,β-unsaturated/α-hetero) is 1. The van der Waals surface area contributed by atoms with Crippen LogP contribution in [0.4, 0.5) is 0 Å². The molecule has 0 saturated carbocycles. The van der Waals surface area contributed by atoms with E-state index < -0.39 is 0 Å². The molecule has 0 N–H and O–H groups in total. The minimum Gasteiger partial charge on any atom is -0.484 e. The molecule has 0 atom stereocenters. The lowest BCUT2D eigenvalue weighted by Crippen LogP contribution is -2.14. The summed E-state index contributed by atoms with van der Waals surface area (Å²) in [5, 5.41) is 0.470. The summed E-state index contributed by atoms with van der Waals surface area (Å²) in [7, 11) is 1.66. The number of hydrogen-bond acceptors (Lipinski definition) is 3. The van der Waals surface area contributed by atoms with E-state index in [0.717, 1.165) is 22.4 Å². The Labute approximate surface area is 149 Å². The summed E-state index contributed by atoms with van der Waals surface area (Å²) in [6.45, 7) is 5.19. The molecule has 1 aromatic carbocycles. The maximum atomic E-state index is 12.4. The first-order valence-corrected chi connectivity index (χ1v) is 8.38. The number of hydrogen-bond donors (Lipinski definition) is 0. The molecule has 2 rings (SSSR count). The second-order valence-electron chi connectivity index (χ2n) is 5.22. The Hall–Kier alpha value is -1.30. The molecule has 0 aliphatic carbocycles. The highest BCUT2D eigenvalue weighted by Crippen LogP contribution is 2.28. The number of rotatable bonds is 7. The number of aryl methyl sites for hydroxylation is 1. The second-order valence-corrected chi connectivity index (χ2v) is 6.54. The van der Waals surface area contributed by atoms with Gasteiger partial charge in [-0.15, -0.1) is 0 Å². The van der Waals surface area contributed by atoms with E-state index >= 15 is 0 Å². The predicted molar refractivity (Wildman–Crippen MR) is 94.8 cm³/mol. The van der Waals surface area contributed by atoms with E-state index in [2.05, 4.69) is 20.5 Å². The van der Waals surface area contributed by atoms with E-state index in [4.69, 9.17) is 21.1 Å². The minimum atomic E-state index is -0.0687. The third-order valence-corrected chi connectivity index (χ3v) is 4.43. The quantitative estimate of drug-likeness (QED) is 0.646. The predicted octanol–water partition coefficient (Wildman–Crippen LogP) is 4.43. The van der Waals surface area contributed by atoms with Crippen molar-refractivity contribution in [2.75, 3.05) is 20.3 Å². The number of ketones is 1. The summed E-state index contributed by atoms with van der Waals surface area (Å²) in [6, 6.07) is 7.18. The van der Waals surface area contributed by atoms with Gasteiger partial charge in [0.25, 0.3) is 0 Å². The summed E-state index contributed by atoms with van der Waals surface area (Å²) in [5.74, 6) is 0.428. The van der Waals surface area contributed by atoms with Gasteiger partial charge >= 0.3 is 0 Å². The summed E-state index contributed by atoms with van der Waals surface area (Å²) in [6.07, 6.45) is 0. The number of methoxy groups -OCH3 is 1. The van der Waals surface area contributed by atoms with Crippen LogP contribution in [0.5, 0.6) is 5.75 Å². The van der Waals surface area contributed by atoms with Crippen molar-refractivity contribution in [1.29, 1.82) is 0 Å². The monoisotopic (exact) mass is 399 g/mol. The highest BCUT2D eigenvalue weighted by Gasteiger charge is 2.16. The first-order valence-electron chi connectivity index (χ1n) is 7.20. The standard InChI is InChI=1S/C17H19BrClNO3/c1-11-8-14(12(2)20(11)6-7-22-3)16(21)10-23-17-5-4-13(18)9-15(17)19/h4-5,8-9H,6-7,10H2,1-3H3. The Kier molecular flexibility index (Phi) is 6.27. The lowest BCUT2D eigenvalue weighted by Gasteiger charge is -2.10. The molecule has 0 fully saturated rings. The zero-order chi connectivity index (χ0) is 17.0. The fraction of sp³-hybridized carbons (Fsp3) is 0.353. The third kappa shape index (κ3) is 4.37. The first kappa shape index (κ1) is 18.0. The van der Waals surface area contributed by atoms with Gasteiger partial charge in [-0.05, 0) is 38.1 Å². The Morgan fingerprint density at radius 2 is 2.04 bits per heavy atom. The summed E-state index contributed by atoms with van der Waals surface area (Å²) >= 11 is 9.43. The highest BCUT2D eigenvalue weighted by atomic mass is 79.9. The maximum Gasteiger partial charge on any atom is 0.202 e. The van der Waals surface area contributed by atoms with Crippen LogP contribution in [-0.4, -0.2) is 30.7 Å². The van der Waals surface area contributed by atoms with Gasteiger partial charge in [-0.1, -0.05) is 27.5 Å². The number of aromatic nitrogens is 1. The van der Waals surface area contributed by atoms with Crippen LogP contribution in [-0.2, 0) is 11.3 Å². The largest absolute Gasteiger partial charge is 0.484 e. The van der Waals surface area contributed by atoms with Gasteiger partial charge in [-0.3, -0.25) is 4.79 Å². The molecule has 4 nitrogen and oxygen atoms in total. The van der Waals surface area contributed by atoms with Gasteiger partial charge in [0.05, 0.1) is 11.6 Å². The fourth-order valence-corrected chi connectivity index (χ4v) is 3.15. The van der Waals surface area contributed by atoms with E-state index in [1.165, 1.54) is 0 Å². The molecule has 0 radical (unpaired) electrons. The van der Waals surface area contributed by atoms with Crippen molar-refractivity contribution >= 4 is 33.3 Å². The SMILES string of the molecule is COCCn1c(C)cc(C(=O)COc2ccc(Br)cc2Cl)c1C. The molecule has 23 heavy (non-hydrogen) atoms. The summed E-state index contributed by atoms with van der Waals surface area (Å²) in [5.41, 5.74) is 2.63. The highest BCUT2D eigenvalue weighted by molar-refractivity contribution is 9.10. The smallest absolute Gasteiger partial charge is 0.202 e. The van der Waals surface area contributed by atoms with Gasteiger partial charge in [0.1, 0.15) is 5.75 Å². The average molecular weight is 401 g/mol. The molecule has 2 aromatic rings. The molecule has 6 heteroatoms. The molecule has 1 aromatic heterocycles. The van der Waals surface area contributed by atoms with E-state index in [0.29, 0.717) is 22.9 Å². The van der Waals surface area contributed by atoms with Crippen molar-refractivity contribution in [1.82, 2.24) is 4.57 Å². The van der Waals surface area contributed by atoms with Crippen LogP contribution in [0.15, 0.2) is 28.7 Å². The van der Waals surface area contributed by atoms with E-state index in [1.54, 1.807) is 19.2 Å². The molecule has 0 spiro atoms. The molecule has 0 aliphatic rings. The van der Waals surface area contributed by atoms with Crippen LogP contribution in [0.3, 0.4) is 0 Å². The van der Waals surface area contributed by atoms with Crippen molar-refractivity contribution in [2.45, 2.75) is 20.4 Å². The zero-order valence-electron chi connectivity index (χ0n) is 13.4. The molecule has 0 aliphatic heterocycles. The number of benzene rings is 1. The normalized spacial score (nSPS) is 10.8. The molecule has 0 amide bonds. The second kappa shape index (κ2) is 7.99. The van der Waals surface area contributed by atoms with Crippen LogP contribution >= 0.6 is 27.5 Å². The maximum absolute atomic E-state index is 12.4. The summed E-state index contributed by atoms with van der Waals surface area (Å²) in [4.78, 5) is 12.4. The molecule has 0 unspecified atom stereocenters. The van der Waals surface area contributed by atoms with Crippen molar-refractivity contribution in [2.24, 2.45) is 0 Å². The van der Waals surface area contributed by atoms with Crippen molar-refractivity contribution in [3.8, 4) is 5.75 Å². The number of carbonyl (C=O) groups is 1. The Morgan fingerprint density at radius 1 is 1.30 bits per heavy atom. The van der Waals surface area contributed by atoms with Crippen LogP contribution in [0.2, 0.25) is 5.02 Å². The molecule has 1 heterocycles. The number of carbonyl (C=O) groups excluding carboxylic acids is 1.